The largest absolute Gasteiger partial charge is 0.316 e. The molecule has 0 aliphatic carbocycles. The summed E-state index contributed by atoms with van der Waals surface area (Å²) in [6.45, 7) is 10.7. The van der Waals surface area contributed by atoms with Gasteiger partial charge in [-0.05, 0) is 52.4 Å². The molecule has 1 fully saturated rings. The molecule has 1 saturated heterocycles. The Morgan fingerprint density at radius 3 is 2.92 bits per heavy atom. The van der Waals surface area contributed by atoms with Crippen LogP contribution in [-0.4, -0.2) is 38.1 Å². The van der Waals surface area contributed by atoms with Gasteiger partial charge < -0.3 is 10.2 Å². The van der Waals surface area contributed by atoms with E-state index in [-0.39, 0.29) is 0 Å². The molecule has 1 N–H and O–H groups in total. The highest BCUT2D eigenvalue weighted by atomic mass is 15.1. The van der Waals surface area contributed by atoms with Crippen molar-refractivity contribution in [3.63, 3.8) is 0 Å². The Hall–Kier alpha value is -0.340. The van der Waals surface area contributed by atoms with Crippen molar-refractivity contribution in [1.82, 2.24) is 10.2 Å². The van der Waals surface area contributed by atoms with E-state index < -0.39 is 0 Å². The van der Waals surface area contributed by atoms with Gasteiger partial charge in [-0.25, -0.2) is 0 Å². The van der Waals surface area contributed by atoms with E-state index in [1.165, 1.54) is 38.0 Å². The summed E-state index contributed by atoms with van der Waals surface area (Å²) in [6.07, 6.45) is 2.69. The highest BCUT2D eigenvalue weighted by Crippen LogP contribution is 2.12. The first-order valence-electron chi connectivity index (χ1n) is 5.22. The Morgan fingerprint density at radius 2 is 2.38 bits per heavy atom. The lowest BCUT2D eigenvalue weighted by molar-refractivity contribution is 0.326. The van der Waals surface area contributed by atoms with E-state index in [1.807, 2.05) is 0 Å². The van der Waals surface area contributed by atoms with Crippen LogP contribution in [0.25, 0.3) is 0 Å². The first-order chi connectivity index (χ1) is 6.18. The zero-order chi connectivity index (χ0) is 9.68. The molecule has 0 radical (unpaired) electrons. The van der Waals surface area contributed by atoms with Gasteiger partial charge in [0.2, 0.25) is 0 Å². The van der Waals surface area contributed by atoms with Crippen LogP contribution in [0.3, 0.4) is 0 Å². The highest BCUT2D eigenvalue weighted by Gasteiger charge is 2.14. The third-order valence-electron chi connectivity index (χ3n) is 2.62. The molecule has 2 heteroatoms. The lowest BCUT2D eigenvalue weighted by Gasteiger charge is -2.18. The Bertz CT molecular complexity index is 159. The lowest BCUT2D eigenvalue weighted by atomic mass is 10.1. The molecule has 0 aromatic heterocycles. The van der Waals surface area contributed by atoms with E-state index in [4.69, 9.17) is 0 Å². The Morgan fingerprint density at radius 1 is 1.62 bits per heavy atom. The fourth-order valence-corrected chi connectivity index (χ4v) is 1.90. The van der Waals surface area contributed by atoms with E-state index >= 15 is 0 Å². The molecule has 2 nitrogen and oxygen atoms in total. The van der Waals surface area contributed by atoms with Crippen molar-refractivity contribution < 1.29 is 0 Å². The minimum absolute atomic E-state index is 0.910. The van der Waals surface area contributed by atoms with Gasteiger partial charge in [-0.3, -0.25) is 0 Å². The Labute approximate surface area is 82.0 Å². The summed E-state index contributed by atoms with van der Waals surface area (Å²) in [5.41, 5.74) is 1.26. The Kier molecular flexibility index (Phi) is 4.46. The number of likely N-dealkylation sites (N-methyl/N-ethyl adjacent to an activating group) is 1. The molecule has 1 atom stereocenters. The molecule has 1 heterocycles. The summed E-state index contributed by atoms with van der Waals surface area (Å²) in [5.74, 6) is 0.910. The molecular weight excluding hydrogens is 160 g/mol. The molecule has 0 amide bonds. The molecule has 76 valence electrons. The zero-order valence-corrected chi connectivity index (χ0v) is 8.97. The lowest BCUT2D eigenvalue weighted by Crippen LogP contribution is -2.23. The van der Waals surface area contributed by atoms with Gasteiger partial charge >= 0.3 is 0 Å². The molecule has 1 rings (SSSR count). The van der Waals surface area contributed by atoms with Crippen LogP contribution in [0.4, 0.5) is 0 Å². The van der Waals surface area contributed by atoms with Gasteiger partial charge in [0.15, 0.2) is 0 Å². The summed E-state index contributed by atoms with van der Waals surface area (Å²) >= 11 is 0. The van der Waals surface area contributed by atoms with Gasteiger partial charge in [-0.2, -0.15) is 0 Å². The second-order valence-electron chi connectivity index (χ2n) is 4.34. The predicted molar refractivity (Wildman–Crippen MR) is 57.9 cm³/mol. The van der Waals surface area contributed by atoms with Crippen LogP contribution in [0.2, 0.25) is 0 Å². The summed E-state index contributed by atoms with van der Waals surface area (Å²) in [7, 11) is 2.18. The molecular formula is C11H22N2. The maximum atomic E-state index is 3.92. The SMILES string of the molecule is C=C(C)CN(C)CCC1CCNC1. The topological polar surface area (TPSA) is 15.3 Å². The summed E-state index contributed by atoms with van der Waals surface area (Å²) < 4.78 is 0. The number of nitrogens with one attached hydrogen (secondary N) is 1. The minimum atomic E-state index is 0.910. The van der Waals surface area contributed by atoms with Crippen LogP contribution in [0.5, 0.6) is 0 Å². The fourth-order valence-electron chi connectivity index (χ4n) is 1.90. The third-order valence-corrected chi connectivity index (χ3v) is 2.62. The minimum Gasteiger partial charge on any atom is -0.316 e. The summed E-state index contributed by atoms with van der Waals surface area (Å²) in [6, 6.07) is 0. The molecule has 0 saturated carbocycles. The molecule has 1 unspecified atom stereocenters. The molecule has 1 aliphatic rings. The zero-order valence-electron chi connectivity index (χ0n) is 8.97. The number of hydrogen-bond acceptors (Lipinski definition) is 2. The molecule has 0 aromatic carbocycles. The first kappa shape index (κ1) is 10.7. The van der Waals surface area contributed by atoms with Crippen LogP contribution >= 0.6 is 0 Å². The molecule has 0 bridgehead atoms. The van der Waals surface area contributed by atoms with Crippen molar-refractivity contribution in [2.45, 2.75) is 19.8 Å². The molecule has 13 heavy (non-hydrogen) atoms. The van der Waals surface area contributed by atoms with Crippen molar-refractivity contribution in [3.05, 3.63) is 12.2 Å². The molecule has 0 aromatic rings. The van der Waals surface area contributed by atoms with Crippen molar-refractivity contribution >= 4 is 0 Å². The van der Waals surface area contributed by atoms with Gasteiger partial charge in [0.25, 0.3) is 0 Å². The van der Waals surface area contributed by atoms with Gasteiger partial charge in [0.1, 0.15) is 0 Å². The fraction of sp³-hybridized carbons (Fsp3) is 0.818. The van der Waals surface area contributed by atoms with Crippen LogP contribution < -0.4 is 5.32 Å². The van der Waals surface area contributed by atoms with E-state index in [9.17, 15) is 0 Å². The number of hydrogen-bond donors (Lipinski definition) is 1. The van der Waals surface area contributed by atoms with Crippen molar-refractivity contribution in [3.8, 4) is 0 Å². The van der Waals surface area contributed by atoms with Crippen molar-refractivity contribution in [2.24, 2.45) is 5.92 Å². The smallest absolute Gasteiger partial charge is 0.0184 e. The quantitative estimate of drug-likeness (QED) is 0.648. The number of rotatable bonds is 5. The van der Waals surface area contributed by atoms with Crippen molar-refractivity contribution in [2.75, 3.05) is 33.2 Å². The molecule has 0 spiro atoms. The van der Waals surface area contributed by atoms with Gasteiger partial charge in [-0.1, -0.05) is 12.2 Å². The normalized spacial score (nSPS) is 22.5. The van der Waals surface area contributed by atoms with Gasteiger partial charge in [0, 0.05) is 6.54 Å². The van der Waals surface area contributed by atoms with Crippen LogP contribution in [0.15, 0.2) is 12.2 Å². The average Bonchev–Trinajstić information content (AvgIpc) is 2.51. The van der Waals surface area contributed by atoms with E-state index in [0.29, 0.717) is 0 Å². The maximum Gasteiger partial charge on any atom is 0.0184 e. The van der Waals surface area contributed by atoms with Crippen LogP contribution in [0.1, 0.15) is 19.8 Å². The first-order valence-corrected chi connectivity index (χ1v) is 5.22. The second kappa shape index (κ2) is 5.40. The summed E-state index contributed by atoms with van der Waals surface area (Å²) in [4.78, 5) is 2.36. The van der Waals surface area contributed by atoms with E-state index in [2.05, 4.69) is 30.8 Å². The Balaban J connectivity index is 2.06. The number of nitrogens with zero attached hydrogens (tertiary/aromatic N) is 1. The average molecular weight is 182 g/mol. The van der Waals surface area contributed by atoms with Crippen LogP contribution in [-0.2, 0) is 0 Å². The maximum absolute atomic E-state index is 3.92. The van der Waals surface area contributed by atoms with Gasteiger partial charge in [0.05, 0.1) is 0 Å². The predicted octanol–water partition coefficient (Wildman–Crippen LogP) is 1.49. The van der Waals surface area contributed by atoms with E-state index in [1.54, 1.807) is 0 Å². The second-order valence-corrected chi connectivity index (χ2v) is 4.34. The summed E-state index contributed by atoms with van der Waals surface area (Å²) in [5, 5.41) is 3.40. The monoisotopic (exact) mass is 182 g/mol. The van der Waals surface area contributed by atoms with Gasteiger partial charge in [-0.15, -0.1) is 0 Å². The third kappa shape index (κ3) is 4.44. The standard InChI is InChI=1S/C11H22N2/c1-10(2)9-13(3)7-5-11-4-6-12-8-11/h11-12H,1,4-9H2,2-3H3. The molecule has 1 aliphatic heterocycles. The highest BCUT2D eigenvalue weighted by molar-refractivity contribution is 4.91. The van der Waals surface area contributed by atoms with Crippen molar-refractivity contribution in [1.29, 1.82) is 0 Å². The van der Waals surface area contributed by atoms with E-state index in [0.717, 1.165) is 12.5 Å². The van der Waals surface area contributed by atoms with Crippen LogP contribution in [0, 0.1) is 5.92 Å².